The van der Waals surface area contributed by atoms with E-state index in [-0.39, 0.29) is 33.7 Å². The first kappa shape index (κ1) is 36.9. The number of hydrogen-bond donors (Lipinski definition) is 2. The Hall–Kier alpha value is -1.07. The molecule has 1 rings (SSSR count). The van der Waals surface area contributed by atoms with E-state index < -0.39 is 0 Å². The topological polar surface area (TPSA) is 49.3 Å². The number of halogens is 1. The Morgan fingerprint density at radius 2 is 1.24 bits per heavy atom. The predicted molar refractivity (Wildman–Crippen MR) is 161 cm³/mol. The van der Waals surface area contributed by atoms with Crippen molar-refractivity contribution in [3.63, 3.8) is 0 Å². The number of aryl methyl sites for hydroxylation is 1. The maximum Gasteiger partial charge on any atom is 0.220 e. The molecule has 0 aliphatic carbocycles. The highest BCUT2D eigenvalue weighted by Crippen LogP contribution is 2.40. The molecule has 0 aromatic heterocycles. The summed E-state index contributed by atoms with van der Waals surface area (Å²) in [6.07, 6.45) is 14.8. The molecule has 222 valence electrons. The van der Waals surface area contributed by atoms with Crippen LogP contribution in [0.3, 0.4) is 0 Å². The van der Waals surface area contributed by atoms with Crippen molar-refractivity contribution < 1.29 is 31.4 Å². The number of amides is 1. The second-order valence-corrected chi connectivity index (χ2v) is 14.0. The minimum absolute atomic E-state index is 0. The lowest BCUT2D eigenvalue weighted by Gasteiger charge is -2.30. The van der Waals surface area contributed by atoms with E-state index in [0.717, 1.165) is 34.3 Å². The van der Waals surface area contributed by atoms with E-state index >= 15 is 0 Å². The highest BCUT2D eigenvalue weighted by molar-refractivity contribution is 5.76. The van der Waals surface area contributed by atoms with Gasteiger partial charge >= 0.3 is 0 Å². The number of aromatic hydroxyl groups is 1. The van der Waals surface area contributed by atoms with Crippen LogP contribution in [-0.2, 0) is 22.0 Å². The zero-order valence-electron chi connectivity index (χ0n) is 26.4. The van der Waals surface area contributed by atoms with E-state index in [1.54, 1.807) is 0 Å². The van der Waals surface area contributed by atoms with Crippen molar-refractivity contribution in [1.82, 2.24) is 5.32 Å². The molecule has 0 bridgehead atoms. The number of nitrogens with one attached hydrogen (secondary N) is 1. The Labute approximate surface area is 246 Å². The number of rotatable bonds is 17. The summed E-state index contributed by atoms with van der Waals surface area (Å²) in [6.45, 7) is 17.9. The van der Waals surface area contributed by atoms with Crippen LogP contribution in [0.25, 0.3) is 0 Å². The fourth-order valence-electron chi connectivity index (χ4n) is 4.97. The summed E-state index contributed by atoms with van der Waals surface area (Å²) >= 11 is 0. The van der Waals surface area contributed by atoms with Crippen molar-refractivity contribution in [2.75, 3.05) is 33.7 Å². The number of carbonyl (C=O) groups excluding carboxylic acids is 1. The number of unbranched alkanes of at least 4 members (excludes halogenated alkanes) is 9. The fourth-order valence-corrected chi connectivity index (χ4v) is 4.97. The third-order valence-corrected chi connectivity index (χ3v) is 7.58. The molecule has 2 N–H and O–H groups in total. The van der Waals surface area contributed by atoms with Gasteiger partial charge < -0.3 is 31.9 Å². The van der Waals surface area contributed by atoms with Gasteiger partial charge in [0.15, 0.2) is 0 Å². The number of carbonyl (C=O) groups is 1. The molecule has 0 aliphatic rings. The summed E-state index contributed by atoms with van der Waals surface area (Å²) in [5.41, 5.74) is 2.74. The van der Waals surface area contributed by atoms with E-state index in [2.05, 4.69) is 80.0 Å². The highest BCUT2D eigenvalue weighted by atomic mass is 79.9. The first-order valence-corrected chi connectivity index (χ1v) is 15.1. The first-order valence-electron chi connectivity index (χ1n) is 15.1. The Morgan fingerprint density at radius 3 is 1.68 bits per heavy atom. The molecule has 4 nitrogen and oxygen atoms in total. The summed E-state index contributed by atoms with van der Waals surface area (Å²) in [7, 11) is 4.55. The SMILES string of the molecule is CCCCCCCCCCCC[N+](C)(C)CCNC(=O)CCc1cc(C(C)(C)C)c(O)c(C(C)(C)C)c1.[Br-]. The molecule has 0 spiro atoms. The summed E-state index contributed by atoms with van der Waals surface area (Å²) in [5, 5.41) is 14.1. The van der Waals surface area contributed by atoms with Crippen molar-refractivity contribution in [2.24, 2.45) is 0 Å². The smallest absolute Gasteiger partial charge is 0.220 e. The second kappa shape index (κ2) is 17.6. The monoisotopic (exact) mass is 596 g/mol. The summed E-state index contributed by atoms with van der Waals surface area (Å²) < 4.78 is 0.957. The molecule has 0 radical (unpaired) electrons. The van der Waals surface area contributed by atoms with Crippen LogP contribution in [0.5, 0.6) is 5.75 Å². The molecular weight excluding hydrogens is 536 g/mol. The molecule has 0 aliphatic heterocycles. The summed E-state index contributed by atoms with van der Waals surface area (Å²) in [5.74, 6) is 0.511. The van der Waals surface area contributed by atoms with Gasteiger partial charge in [0, 0.05) is 6.42 Å². The lowest BCUT2D eigenvalue weighted by molar-refractivity contribution is -0.889. The van der Waals surface area contributed by atoms with Crippen LogP contribution >= 0.6 is 0 Å². The maximum absolute atomic E-state index is 12.6. The van der Waals surface area contributed by atoms with Gasteiger partial charge in [-0.15, -0.1) is 0 Å². The summed E-state index contributed by atoms with van der Waals surface area (Å²) in [4.78, 5) is 12.6. The molecule has 0 saturated carbocycles. The predicted octanol–water partition coefficient (Wildman–Crippen LogP) is 5.04. The van der Waals surface area contributed by atoms with Crippen molar-refractivity contribution >= 4 is 5.91 Å². The normalized spacial score (nSPS) is 12.3. The molecule has 38 heavy (non-hydrogen) atoms. The van der Waals surface area contributed by atoms with Gasteiger partial charge in [0.25, 0.3) is 0 Å². The van der Waals surface area contributed by atoms with Gasteiger partial charge in [0.05, 0.1) is 33.7 Å². The van der Waals surface area contributed by atoms with Gasteiger partial charge in [-0.1, -0.05) is 112 Å². The number of phenolic OH excluding ortho intramolecular Hbond substituents is 1. The van der Waals surface area contributed by atoms with Gasteiger partial charge in [0.2, 0.25) is 5.91 Å². The minimum atomic E-state index is -0.153. The maximum atomic E-state index is 12.6. The van der Waals surface area contributed by atoms with Gasteiger partial charge in [-0.05, 0) is 46.8 Å². The molecule has 1 amide bonds. The fraction of sp³-hybridized carbons (Fsp3) is 0.788. The molecule has 0 saturated heterocycles. The average molecular weight is 598 g/mol. The standard InChI is InChI=1S/C33H60N2O2.BrH/c1-10-11-12-13-14-15-16-17-18-19-23-35(8,9)24-22-34-30(36)21-20-27-25-28(32(2,3)4)31(37)29(26-27)33(5,6)7;/h25-26H,10-24H2,1-9H3,(H-,34,36,37);1H. The van der Waals surface area contributed by atoms with Crippen LogP contribution in [0.1, 0.15) is 136 Å². The summed E-state index contributed by atoms with van der Waals surface area (Å²) in [6, 6.07) is 4.18. The van der Waals surface area contributed by atoms with E-state index in [1.807, 2.05) is 0 Å². The second-order valence-electron chi connectivity index (χ2n) is 14.0. The van der Waals surface area contributed by atoms with E-state index in [1.165, 1.54) is 70.8 Å². The van der Waals surface area contributed by atoms with Crippen LogP contribution < -0.4 is 22.3 Å². The van der Waals surface area contributed by atoms with E-state index in [0.29, 0.717) is 18.6 Å². The van der Waals surface area contributed by atoms with Crippen molar-refractivity contribution in [1.29, 1.82) is 0 Å². The first-order chi connectivity index (χ1) is 17.2. The van der Waals surface area contributed by atoms with Crippen LogP contribution in [0, 0.1) is 0 Å². The number of likely N-dealkylation sites (N-methyl/N-ethyl adjacent to an activating group) is 1. The largest absolute Gasteiger partial charge is 1.00 e. The average Bonchev–Trinajstić information content (AvgIpc) is 2.78. The Balaban J connectivity index is 0.0000137. The van der Waals surface area contributed by atoms with Gasteiger partial charge in [0.1, 0.15) is 5.75 Å². The number of quaternary nitrogens is 1. The molecule has 0 atom stereocenters. The molecule has 0 unspecified atom stereocenters. The zero-order chi connectivity index (χ0) is 28.1. The molecule has 5 heteroatoms. The molecule has 1 aromatic carbocycles. The number of hydrogen-bond acceptors (Lipinski definition) is 2. The minimum Gasteiger partial charge on any atom is -1.00 e. The zero-order valence-corrected chi connectivity index (χ0v) is 28.0. The van der Waals surface area contributed by atoms with Crippen LogP contribution in [0.15, 0.2) is 12.1 Å². The highest BCUT2D eigenvalue weighted by Gasteiger charge is 2.26. The molecule has 0 fully saturated rings. The van der Waals surface area contributed by atoms with Crippen LogP contribution in [-0.4, -0.2) is 49.2 Å². The molecule has 0 heterocycles. The van der Waals surface area contributed by atoms with Gasteiger partial charge in [-0.2, -0.15) is 0 Å². The van der Waals surface area contributed by atoms with Crippen molar-refractivity contribution in [2.45, 2.75) is 136 Å². The van der Waals surface area contributed by atoms with Crippen LogP contribution in [0.2, 0.25) is 0 Å². The van der Waals surface area contributed by atoms with Gasteiger partial charge in [-0.3, -0.25) is 4.79 Å². The Morgan fingerprint density at radius 1 is 0.789 bits per heavy atom. The van der Waals surface area contributed by atoms with E-state index in [9.17, 15) is 9.90 Å². The Kier molecular flexibility index (Phi) is 17.1. The number of nitrogens with zero attached hydrogens (tertiary/aromatic N) is 1. The van der Waals surface area contributed by atoms with Crippen molar-refractivity contribution in [3.8, 4) is 5.75 Å². The third-order valence-electron chi connectivity index (χ3n) is 7.58. The van der Waals surface area contributed by atoms with Crippen LogP contribution in [0.4, 0.5) is 0 Å². The quantitative estimate of drug-likeness (QED) is 0.195. The van der Waals surface area contributed by atoms with E-state index in [4.69, 9.17) is 0 Å². The third kappa shape index (κ3) is 14.9. The molecule has 1 aromatic rings. The number of benzene rings is 1. The number of phenols is 1. The van der Waals surface area contributed by atoms with Crippen molar-refractivity contribution in [3.05, 3.63) is 28.8 Å². The lowest BCUT2D eigenvalue weighted by Crippen LogP contribution is -3.00. The lowest BCUT2D eigenvalue weighted by atomic mass is 9.78. The Bertz CT molecular complexity index is 771. The molecular formula is C33H61BrN2O2. The van der Waals surface area contributed by atoms with Gasteiger partial charge in [-0.25, -0.2) is 0 Å².